The Bertz CT molecular complexity index is 1410. The lowest BCUT2D eigenvalue weighted by Crippen LogP contribution is -2.05. The predicted octanol–water partition coefficient (Wildman–Crippen LogP) is 7.32. The highest BCUT2D eigenvalue weighted by atomic mass is 16.7. The first kappa shape index (κ1) is 20.4. The van der Waals surface area contributed by atoms with Gasteiger partial charge in [0.1, 0.15) is 11.5 Å². The van der Waals surface area contributed by atoms with Gasteiger partial charge in [-0.05, 0) is 70.4 Å². The van der Waals surface area contributed by atoms with Crippen LogP contribution in [0.4, 0.5) is 0 Å². The largest absolute Gasteiger partial charge is 0.458 e. The van der Waals surface area contributed by atoms with Crippen LogP contribution in [-0.2, 0) is 0 Å². The molecule has 0 amide bonds. The molecule has 0 aliphatic carbocycles. The van der Waals surface area contributed by atoms with E-state index in [-0.39, 0.29) is 6.79 Å². The van der Waals surface area contributed by atoms with Crippen LogP contribution in [0, 0.1) is 11.8 Å². The van der Waals surface area contributed by atoms with Gasteiger partial charge in [0.2, 0.25) is 6.79 Å². The van der Waals surface area contributed by atoms with E-state index in [4.69, 9.17) is 9.47 Å². The quantitative estimate of drug-likeness (QED) is 0.216. The normalized spacial score (nSPS) is 10.3. The Morgan fingerprint density at radius 3 is 1.73 bits per heavy atom. The molecular formula is C31H22O2. The van der Waals surface area contributed by atoms with Crippen molar-refractivity contribution in [3.8, 4) is 34.5 Å². The molecule has 0 radical (unpaired) electrons. The standard InChI is InChI=1S/C31H22O2/c1-2-6-26(7-3-1)28-16-12-24(13-17-28)10-11-25-14-19-30(20-15-25)32-23-33-31-21-18-27-8-4-5-9-29(27)22-31/h1-9,12-22H,23H2. The van der Waals surface area contributed by atoms with Gasteiger partial charge < -0.3 is 9.47 Å². The first-order valence-electron chi connectivity index (χ1n) is 10.9. The first-order chi connectivity index (χ1) is 16.3. The van der Waals surface area contributed by atoms with E-state index in [1.54, 1.807) is 0 Å². The Kier molecular flexibility index (Phi) is 6.04. The van der Waals surface area contributed by atoms with Crippen molar-refractivity contribution in [2.24, 2.45) is 0 Å². The molecule has 0 N–H and O–H groups in total. The van der Waals surface area contributed by atoms with Gasteiger partial charge >= 0.3 is 0 Å². The van der Waals surface area contributed by atoms with Gasteiger partial charge in [0.05, 0.1) is 0 Å². The highest BCUT2D eigenvalue weighted by Gasteiger charge is 1.99. The maximum atomic E-state index is 5.74. The number of fused-ring (bicyclic) bond motifs is 1. The summed E-state index contributed by atoms with van der Waals surface area (Å²) in [7, 11) is 0. The van der Waals surface area contributed by atoms with Crippen LogP contribution in [0.5, 0.6) is 11.5 Å². The molecule has 0 aliphatic heterocycles. The van der Waals surface area contributed by atoms with Crippen molar-refractivity contribution < 1.29 is 9.47 Å². The van der Waals surface area contributed by atoms with Crippen LogP contribution in [-0.4, -0.2) is 6.79 Å². The molecule has 0 spiro atoms. The number of benzene rings is 5. The van der Waals surface area contributed by atoms with Crippen molar-refractivity contribution in [1.82, 2.24) is 0 Å². The van der Waals surface area contributed by atoms with Crippen LogP contribution in [0.2, 0.25) is 0 Å². The maximum absolute atomic E-state index is 5.74. The molecule has 0 saturated carbocycles. The third kappa shape index (κ3) is 5.23. The Hall–Kier alpha value is -4.48. The highest BCUT2D eigenvalue weighted by Crippen LogP contribution is 2.21. The Morgan fingerprint density at radius 2 is 1.00 bits per heavy atom. The fraction of sp³-hybridized carbons (Fsp3) is 0.0323. The summed E-state index contributed by atoms with van der Waals surface area (Å²) in [5.74, 6) is 7.96. The van der Waals surface area contributed by atoms with E-state index in [0.717, 1.165) is 28.0 Å². The monoisotopic (exact) mass is 426 g/mol. The summed E-state index contributed by atoms with van der Waals surface area (Å²) in [4.78, 5) is 0. The zero-order valence-corrected chi connectivity index (χ0v) is 18.1. The van der Waals surface area contributed by atoms with E-state index >= 15 is 0 Å². The van der Waals surface area contributed by atoms with E-state index in [0.29, 0.717) is 0 Å². The van der Waals surface area contributed by atoms with Crippen molar-refractivity contribution in [2.75, 3.05) is 6.79 Å². The number of hydrogen-bond acceptors (Lipinski definition) is 2. The molecule has 5 aromatic carbocycles. The van der Waals surface area contributed by atoms with E-state index in [9.17, 15) is 0 Å². The van der Waals surface area contributed by atoms with Crippen molar-refractivity contribution in [1.29, 1.82) is 0 Å². The van der Waals surface area contributed by atoms with E-state index in [2.05, 4.69) is 60.4 Å². The van der Waals surface area contributed by atoms with Gasteiger partial charge in [-0.25, -0.2) is 0 Å². The van der Waals surface area contributed by atoms with Crippen LogP contribution >= 0.6 is 0 Å². The van der Waals surface area contributed by atoms with Gasteiger partial charge in [0.25, 0.3) is 0 Å². The summed E-state index contributed by atoms with van der Waals surface area (Å²) < 4.78 is 11.5. The van der Waals surface area contributed by atoms with Crippen molar-refractivity contribution in [3.05, 3.63) is 132 Å². The molecule has 0 saturated heterocycles. The molecule has 2 nitrogen and oxygen atoms in total. The Balaban J connectivity index is 1.16. The summed E-state index contributed by atoms with van der Waals surface area (Å²) >= 11 is 0. The van der Waals surface area contributed by atoms with Crippen LogP contribution < -0.4 is 9.47 Å². The topological polar surface area (TPSA) is 18.5 Å². The summed E-state index contributed by atoms with van der Waals surface area (Å²) in [6.45, 7) is 0.150. The van der Waals surface area contributed by atoms with E-state index < -0.39 is 0 Å². The fourth-order valence-electron chi connectivity index (χ4n) is 3.58. The summed E-state index contributed by atoms with van der Waals surface area (Å²) in [5, 5.41) is 2.34. The maximum Gasteiger partial charge on any atom is 0.230 e. The second-order valence-electron chi connectivity index (χ2n) is 7.63. The number of ether oxygens (including phenoxy) is 2. The average molecular weight is 427 g/mol. The van der Waals surface area contributed by atoms with Crippen LogP contribution in [0.25, 0.3) is 21.9 Å². The Labute approximate surface area is 194 Å². The predicted molar refractivity (Wildman–Crippen MR) is 134 cm³/mol. The van der Waals surface area contributed by atoms with Gasteiger partial charge in [-0.1, -0.05) is 84.6 Å². The molecule has 2 heteroatoms. The van der Waals surface area contributed by atoms with Gasteiger partial charge in [-0.3, -0.25) is 0 Å². The lowest BCUT2D eigenvalue weighted by atomic mass is 10.0. The molecule has 0 aliphatic rings. The van der Waals surface area contributed by atoms with E-state index in [1.807, 2.05) is 72.8 Å². The number of hydrogen-bond donors (Lipinski definition) is 0. The minimum atomic E-state index is 0.150. The molecule has 0 fully saturated rings. The molecule has 0 aromatic heterocycles. The zero-order chi connectivity index (χ0) is 22.3. The SMILES string of the molecule is C(#Cc1ccc(-c2ccccc2)cc1)c1ccc(OCOc2ccc3ccccc3c2)cc1. The lowest BCUT2D eigenvalue weighted by molar-refractivity contribution is 0.120. The lowest BCUT2D eigenvalue weighted by Gasteiger charge is -2.09. The van der Waals surface area contributed by atoms with Gasteiger partial charge in [0.15, 0.2) is 0 Å². The second kappa shape index (κ2) is 9.77. The number of rotatable bonds is 5. The van der Waals surface area contributed by atoms with Crippen LogP contribution in [0.3, 0.4) is 0 Å². The summed E-state index contributed by atoms with van der Waals surface area (Å²) in [5.41, 5.74) is 4.31. The molecule has 0 heterocycles. The summed E-state index contributed by atoms with van der Waals surface area (Å²) in [6, 6.07) is 40.6. The minimum Gasteiger partial charge on any atom is -0.458 e. The van der Waals surface area contributed by atoms with Crippen LogP contribution in [0.15, 0.2) is 121 Å². The van der Waals surface area contributed by atoms with Crippen molar-refractivity contribution in [2.45, 2.75) is 0 Å². The van der Waals surface area contributed by atoms with Gasteiger partial charge in [-0.2, -0.15) is 0 Å². The molecule has 0 bridgehead atoms. The molecule has 5 rings (SSSR count). The van der Waals surface area contributed by atoms with Crippen LogP contribution in [0.1, 0.15) is 11.1 Å². The van der Waals surface area contributed by atoms with Gasteiger partial charge in [-0.15, -0.1) is 0 Å². The smallest absolute Gasteiger partial charge is 0.230 e. The van der Waals surface area contributed by atoms with Crippen molar-refractivity contribution in [3.63, 3.8) is 0 Å². The van der Waals surface area contributed by atoms with E-state index in [1.165, 1.54) is 16.5 Å². The molecule has 33 heavy (non-hydrogen) atoms. The third-order valence-corrected chi connectivity index (χ3v) is 5.37. The molecule has 0 atom stereocenters. The molecule has 158 valence electrons. The first-order valence-corrected chi connectivity index (χ1v) is 10.9. The minimum absolute atomic E-state index is 0.150. The molecule has 0 unspecified atom stereocenters. The van der Waals surface area contributed by atoms with Gasteiger partial charge in [0, 0.05) is 11.1 Å². The Morgan fingerprint density at radius 1 is 0.455 bits per heavy atom. The molecule has 5 aromatic rings. The summed E-state index contributed by atoms with van der Waals surface area (Å²) in [6.07, 6.45) is 0. The molecular weight excluding hydrogens is 404 g/mol. The second-order valence-corrected chi connectivity index (χ2v) is 7.63. The third-order valence-electron chi connectivity index (χ3n) is 5.37. The average Bonchev–Trinajstić information content (AvgIpc) is 2.89. The zero-order valence-electron chi connectivity index (χ0n) is 18.1. The van der Waals surface area contributed by atoms with Crippen molar-refractivity contribution >= 4 is 10.8 Å². The highest BCUT2D eigenvalue weighted by molar-refractivity contribution is 5.83. The fourth-order valence-corrected chi connectivity index (χ4v) is 3.58.